The van der Waals surface area contributed by atoms with Crippen LogP contribution < -0.4 is 5.32 Å². The first-order chi connectivity index (χ1) is 14.0. The third-order valence-corrected chi connectivity index (χ3v) is 7.32. The van der Waals surface area contributed by atoms with Gasteiger partial charge in [0.1, 0.15) is 0 Å². The summed E-state index contributed by atoms with van der Waals surface area (Å²) in [5.74, 6) is -0.987. The zero-order chi connectivity index (χ0) is 21.9. The van der Waals surface area contributed by atoms with Gasteiger partial charge in [-0.25, -0.2) is 12.7 Å². The fourth-order valence-corrected chi connectivity index (χ4v) is 5.12. The van der Waals surface area contributed by atoms with Crippen LogP contribution in [0.15, 0.2) is 53.0 Å². The van der Waals surface area contributed by atoms with Gasteiger partial charge in [0, 0.05) is 29.2 Å². The van der Waals surface area contributed by atoms with Gasteiger partial charge >= 0.3 is 6.18 Å². The lowest BCUT2D eigenvalue weighted by Crippen LogP contribution is -2.41. The Morgan fingerprint density at radius 3 is 2.33 bits per heavy atom. The lowest BCUT2D eigenvalue weighted by atomic mass is 9.97. The molecule has 1 heterocycles. The van der Waals surface area contributed by atoms with Crippen LogP contribution in [0.25, 0.3) is 0 Å². The molecule has 0 spiro atoms. The minimum atomic E-state index is -4.49. The van der Waals surface area contributed by atoms with E-state index in [2.05, 4.69) is 21.2 Å². The summed E-state index contributed by atoms with van der Waals surface area (Å²) in [4.78, 5) is 12.4. The van der Waals surface area contributed by atoms with E-state index in [9.17, 15) is 26.4 Å². The molecule has 1 aliphatic heterocycles. The van der Waals surface area contributed by atoms with Crippen LogP contribution in [0.1, 0.15) is 24.0 Å². The summed E-state index contributed by atoms with van der Waals surface area (Å²) in [6.45, 7) is 0.388. The van der Waals surface area contributed by atoms with Gasteiger partial charge in [0.05, 0.1) is 11.3 Å². The van der Waals surface area contributed by atoms with E-state index in [-0.39, 0.29) is 24.5 Å². The van der Waals surface area contributed by atoms with Crippen LogP contribution >= 0.6 is 15.9 Å². The quantitative estimate of drug-likeness (QED) is 0.644. The molecule has 30 heavy (non-hydrogen) atoms. The Morgan fingerprint density at radius 1 is 1.10 bits per heavy atom. The number of anilines is 1. The smallest absolute Gasteiger partial charge is 0.326 e. The monoisotopic (exact) mass is 504 g/mol. The molecule has 1 fully saturated rings. The Labute approximate surface area is 181 Å². The predicted octanol–water partition coefficient (Wildman–Crippen LogP) is 4.65. The SMILES string of the molecule is O=C(Nc1cccc(C(F)(F)F)c1)C1CCN(S(=O)(=O)Cc2ccc(Br)cc2)CC1. The second-order valence-corrected chi connectivity index (χ2v) is 10.0. The van der Waals surface area contributed by atoms with E-state index in [1.807, 2.05) is 0 Å². The van der Waals surface area contributed by atoms with Crippen LogP contribution in [0.4, 0.5) is 18.9 Å². The highest BCUT2D eigenvalue weighted by Crippen LogP contribution is 2.31. The summed E-state index contributed by atoms with van der Waals surface area (Å²) in [5, 5.41) is 2.51. The van der Waals surface area contributed by atoms with Gasteiger partial charge in [0.2, 0.25) is 15.9 Å². The van der Waals surface area contributed by atoms with Gasteiger partial charge in [-0.2, -0.15) is 13.2 Å². The van der Waals surface area contributed by atoms with Gasteiger partial charge in [-0.15, -0.1) is 0 Å². The molecule has 0 unspecified atom stereocenters. The van der Waals surface area contributed by atoms with Gasteiger partial charge in [0.15, 0.2) is 0 Å². The number of rotatable bonds is 5. The van der Waals surface area contributed by atoms with E-state index in [1.165, 1.54) is 16.4 Å². The summed E-state index contributed by atoms with van der Waals surface area (Å²) in [7, 11) is -3.52. The van der Waals surface area contributed by atoms with Crippen molar-refractivity contribution in [2.75, 3.05) is 18.4 Å². The Hall–Kier alpha value is -1.91. The Balaban J connectivity index is 1.57. The predicted molar refractivity (Wildman–Crippen MR) is 111 cm³/mol. The molecule has 162 valence electrons. The Morgan fingerprint density at radius 2 is 1.73 bits per heavy atom. The molecule has 1 N–H and O–H groups in total. The molecule has 0 atom stereocenters. The second-order valence-electron chi connectivity index (χ2n) is 7.12. The number of halogens is 4. The van der Waals surface area contributed by atoms with E-state index in [0.717, 1.165) is 16.6 Å². The van der Waals surface area contributed by atoms with Gasteiger partial charge in [0.25, 0.3) is 0 Å². The van der Waals surface area contributed by atoms with Crippen molar-refractivity contribution in [1.29, 1.82) is 0 Å². The second kappa shape index (κ2) is 9.07. The van der Waals surface area contributed by atoms with Crippen molar-refractivity contribution >= 4 is 37.5 Å². The van der Waals surface area contributed by atoms with Crippen LogP contribution in [0, 0.1) is 5.92 Å². The first-order valence-electron chi connectivity index (χ1n) is 9.25. The largest absolute Gasteiger partial charge is 0.416 e. The third kappa shape index (κ3) is 5.83. The first-order valence-corrected chi connectivity index (χ1v) is 11.7. The van der Waals surface area contributed by atoms with Crippen molar-refractivity contribution in [1.82, 2.24) is 4.31 Å². The van der Waals surface area contributed by atoms with Gasteiger partial charge in [-0.3, -0.25) is 4.79 Å². The molecular weight excluding hydrogens is 485 g/mol. The standard InChI is InChI=1S/C20H20BrF3N2O3S/c21-17-6-4-14(5-7-17)13-30(28,29)26-10-8-15(9-11-26)19(27)25-18-3-1-2-16(12-18)20(22,23)24/h1-7,12,15H,8-11,13H2,(H,25,27). The topological polar surface area (TPSA) is 66.5 Å². The van der Waals surface area contributed by atoms with Crippen molar-refractivity contribution < 1.29 is 26.4 Å². The number of benzene rings is 2. The van der Waals surface area contributed by atoms with Crippen molar-refractivity contribution in [3.63, 3.8) is 0 Å². The fourth-order valence-electron chi connectivity index (χ4n) is 3.30. The zero-order valence-electron chi connectivity index (χ0n) is 15.8. The number of piperidine rings is 1. The highest BCUT2D eigenvalue weighted by molar-refractivity contribution is 9.10. The summed E-state index contributed by atoms with van der Waals surface area (Å²) in [5.41, 5.74) is -0.100. The molecule has 2 aromatic rings. The third-order valence-electron chi connectivity index (χ3n) is 4.94. The molecule has 1 aliphatic rings. The average Bonchev–Trinajstić information content (AvgIpc) is 2.69. The van der Waals surface area contributed by atoms with Crippen LogP contribution in [0.3, 0.4) is 0 Å². The molecule has 2 aromatic carbocycles. The number of alkyl halides is 3. The Kier molecular flexibility index (Phi) is 6.88. The normalized spacial score (nSPS) is 16.4. The summed E-state index contributed by atoms with van der Waals surface area (Å²) >= 11 is 3.31. The van der Waals surface area contributed by atoms with Gasteiger partial charge < -0.3 is 5.32 Å². The van der Waals surface area contributed by atoms with Gasteiger partial charge in [-0.05, 0) is 48.7 Å². The average molecular weight is 505 g/mol. The van der Waals surface area contributed by atoms with E-state index in [1.54, 1.807) is 24.3 Å². The molecular formula is C20H20BrF3N2O3S. The van der Waals surface area contributed by atoms with Crippen LogP contribution in [0.5, 0.6) is 0 Å². The molecule has 5 nitrogen and oxygen atoms in total. The van der Waals surface area contributed by atoms with Crippen LogP contribution in [-0.4, -0.2) is 31.7 Å². The maximum Gasteiger partial charge on any atom is 0.416 e. The minimum absolute atomic E-state index is 0.0696. The van der Waals surface area contributed by atoms with E-state index >= 15 is 0 Å². The maximum absolute atomic E-state index is 12.8. The van der Waals surface area contributed by atoms with Crippen LogP contribution in [0.2, 0.25) is 0 Å². The van der Waals surface area contributed by atoms with Crippen molar-refractivity contribution in [3.05, 3.63) is 64.1 Å². The zero-order valence-corrected chi connectivity index (χ0v) is 18.2. The number of carbonyl (C=O) groups excluding carboxylic acids is 1. The van der Waals surface area contributed by atoms with Crippen molar-refractivity contribution in [2.24, 2.45) is 5.92 Å². The molecule has 3 rings (SSSR count). The summed E-state index contributed by atoms with van der Waals surface area (Å²) in [6.07, 6.45) is -3.87. The van der Waals surface area contributed by atoms with Crippen molar-refractivity contribution in [3.8, 4) is 0 Å². The highest BCUT2D eigenvalue weighted by atomic mass is 79.9. The lowest BCUT2D eigenvalue weighted by Gasteiger charge is -2.30. The molecule has 1 amide bonds. The number of hydrogen-bond donors (Lipinski definition) is 1. The highest BCUT2D eigenvalue weighted by Gasteiger charge is 2.32. The molecule has 0 aromatic heterocycles. The first kappa shape index (κ1) is 22.8. The maximum atomic E-state index is 12.8. The lowest BCUT2D eigenvalue weighted by molar-refractivity contribution is -0.137. The summed E-state index contributed by atoms with van der Waals surface area (Å²) < 4.78 is 66.0. The van der Waals surface area contributed by atoms with E-state index in [0.29, 0.717) is 18.4 Å². The number of amides is 1. The van der Waals surface area contributed by atoms with Gasteiger partial charge in [-0.1, -0.05) is 34.1 Å². The summed E-state index contributed by atoms with van der Waals surface area (Å²) in [6, 6.07) is 11.5. The molecule has 0 radical (unpaired) electrons. The molecule has 0 aliphatic carbocycles. The number of sulfonamides is 1. The van der Waals surface area contributed by atoms with E-state index < -0.39 is 33.6 Å². The number of nitrogens with one attached hydrogen (secondary N) is 1. The number of carbonyl (C=O) groups is 1. The Bertz CT molecular complexity index is 1000. The molecule has 0 bridgehead atoms. The molecule has 10 heteroatoms. The fraction of sp³-hybridized carbons (Fsp3) is 0.350. The molecule has 0 saturated carbocycles. The van der Waals surface area contributed by atoms with Crippen LogP contribution in [-0.2, 0) is 26.7 Å². The number of hydrogen-bond acceptors (Lipinski definition) is 3. The molecule has 1 saturated heterocycles. The van der Waals surface area contributed by atoms with E-state index in [4.69, 9.17) is 0 Å². The minimum Gasteiger partial charge on any atom is -0.326 e. The number of nitrogens with zero attached hydrogens (tertiary/aromatic N) is 1. The van der Waals surface area contributed by atoms with Crippen molar-refractivity contribution in [2.45, 2.75) is 24.8 Å².